The largest absolute Gasteiger partial charge is 0.497 e. The van der Waals surface area contributed by atoms with Gasteiger partial charge in [-0.1, -0.05) is 12.1 Å². The molecule has 1 aromatic rings. The molecule has 7 nitrogen and oxygen atoms in total. The normalized spacial score (nSPS) is 14.5. The molecule has 1 saturated carbocycles. The maximum absolute atomic E-state index is 12.4. The summed E-state index contributed by atoms with van der Waals surface area (Å²) in [5, 5.41) is 6.53. The number of nitrogens with zero attached hydrogens (tertiary/aromatic N) is 2. The number of rotatable bonds is 7. The van der Waals surface area contributed by atoms with Gasteiger partial charge in [-0.15, -0.1) is 0 Å². The van der Waals surface area contributed by atoms with Gasteiger partial charge in [-0.3, -0.25) is 4.99 Å². The molecule has 0 heterocycles. The Morgan fingerprint density at radius 1 is 1.30 bits per heavy atom. The van der Waals surface area contributed by atoms with Crippen molar-refractivity contribution in [1.29, 1.82) is 0 Å². The molecule has 0 aromatic heterocycles. The summed E-state index contributed by atoms with van der Waals surface area (Å²) >= 11 is 0. The maximum atomic E-state index is 12.4. The minimum absolute atomic E-state index is 0.244. The van der Waals surface area contributed by atoms with Crippen LogP contribution in [0, 0.1) is 0 Å². The van der Waals surface area contributed by atoms with Gasteiger partial charge in [0.05, 0.1) is 7.11 Å². The third kappa shape index (κ3) is 7.37. The number of hydrogen-bond donors (Lipinski definition) is 2. The zero-order valence-electron chi connectivity index (χ0n) is 17.0. The van der Waals surface area contributed by atoms with E-state index in [0.717, 1.165) is 24.2 Å². The van der Waals surface area contributed by atoms with Crippen LogP contribution in [0.4, 0.5) is 4.79 Å². The van der Waals surface area contributed by atoms with Crippen LogP contribution in [0.3, 0.4) is 0 Å². The zero-order chi connectivity index (χ0) is 19.9. The molecule has 150 valence electrons. The molecule has 0 aliphatic heterocycles. The van der Waals surface area contributed by atoms with Crippen LogP contribution < -0.4 is 15.4 Å². The predicted molar refractivity (Wildman–Crippen MR) is 107 cm³/mol. The van der Waals surface area contributed by atoms with E-state index in [2.05, 4.69) is 15.6 Å². The number of amides is 1. The highest BCUT2D eigenvalue weighted by Gasteiger charge is 2.34. The molecule has 7 heteroatoms. The second kappa shape index (κ2) is 9.48. The molecule has 1 aliphatic carbocycles. The summed E-state index contributed by atoms with van der Waals surface area (Å²) in [5.41, 5.74) is 0.622. The fourth-order valence-electron chi connectivity index (χ4n) is 2.61. The number of benzene rings is 1. The monoisotopic (exact) mass is 376 g/mol. The molecule has 0 unspecified atom stereocenters. The number of nitrogens with one attached hydrogen (secondary N) is 2. The molecule has 1 amide bonds. The molecule has 0 radical (unpaired) electrons. The van der Waals surface area contributed by atoms with Crippen LogP contribution in [0.2, 0.25) is 0 Å². The minimum Gasteiger partial charge on any atom is -0.497 e. The highest BCUT2D eigenvalue weighted by atomic mass is 16.6. The molecule has 2 rings (SSSR count). The van der Waals surface area contributed by atoms with E-state index in [4.69, 9.17) is 9.47 Å². The molecule has 27 heavy (non-hydrogen) atoms. The van der Waals surface area contributed by atoms with Gasteiger partial charge in [0.1, 0.15) is 11.4 Å². The topological polar surface area (TPSA) is 75.2 Å². The predicted octanol–water partition coefficient (Wildman–Crippen LogP) is 2.76. The highest BCUT2D eigenvalue weighted by molar-refractivity contribution is 5.79. The molecule has 0 bridgehead atoms. The number of guanidine groups is 1. The van der Waals surface area contributed by atoms with Crippen molar-refractivity contribution in [3.8, 4) is 5.75 Å². The Labute approximate surface area is 162 Å². The molecule has 0 spiro atoms. The van der Waals surface area contributed by atoms with Crippen molar-refractivity contribution in [2.45, 2.75) is 51.8 Å². The molecule has 1 aliphatic rings. The smallest absolute Gasteiger partial charge is 0.410 e. The summed E-state index contributed by atoms with van der Waals surface area (Å²) in [6.07, 6.45) is 1.84. The van der Waals surface area contributed by atoms with Crippen molar-refractivity contribution >= 4 is 12.1 Å². The number of methoxy groups -OCH3 is 1. The van der Waals surface area contributed by atoms with Crippen LogP contribution >= 0.6 is 0 Å². The van der Waals surface area contributed by atoms with Crippen molar-refractivity contribution in [2.24, 2.45) is 4.99 Å². The van der Waals surface area contributed by atoms with E-state index in [1.807, 2.05) is 49.9 Å². The first-order chi connectivity index (χ1) is 12.8. The lowest BCUT2D eigenvalue weighted by molar-refractivity contribution is 0.0238. The van der Waals surface area contributed by atoms with Crippen LogP contribution in [0.15, 0.2) is 29.3 Å². The number of carbonyl (C=O) groups is 1. The van der Waals surface area contributed by atoms with Crippen molar-refractivity contribution in [1.82, 2.24) is 15.5 Å². The van der Waals surface area contributed by atoms with E-state index >= 15 is 0 Å². The third-order valence-corrected chi connectivity index (χ3v) is 4.08. The fourth-order valence-corrected chi connectivity index (χ4v) is 2.61. The lowest BCUT2D eigenvalue weighted by Gasteiger charge is -2.27. The lowest BCUT2D eigenvalue weighted by Crippen LogP contribution is -2.45. The third-order valence-electron chi connectivity index (χ3n) is 4.08. The quantitative estimate of drug-likeness (QED) is 0.565. The Morgan fingerprint density at radius 2 is 2.04 bits per heavy atom. The molecule has 2 N–H and O–H groups in total. The summed E-state index contributed by atoms with van der Waals surface area (Å²) in [4.78, 5) is 18.4. The molecular formula is C20H32N4O3. The van der Waals surface area contributed by atoms with Gasteiger partial charge in [0.25, 0.3) is 0 Å². The van der Waals surface area contributed by atoms with Gasteiger partial charge >= 0.3 is 6.09 Å². The molecule has 1 fully saturated rings. The summed E-state index contributed by atoms with van der Waals surface area (Å²) in [7, 11) is 3.39. The van der Waals surface area contributed by atoms with E-state index in [9.17, 15) is 4.79 Å². The maximum Gasteiger partial charge on any atom is 0.410 e. The van der Waals surface area contributed by atoms with Crippen LogP contribution in [-0.4, -0.2) is 55.8 Å². The lowest BCUT2D eigenvalue weighted by atomic mass is 10.2. The van der Waals surface area contributed by atoms with E-state index in [0.29, 0.717) is 31.6 Å². The second-order valence-electron chi connectivity index (χ2n) is 7.61. The number of carbonyl (C=O) groups excluding carboxylic acids is 1. The summed E-state index contributed by atoms with van der Waals surface area (Å²) in [5.74, 6) is 1.52. The average Bonchev–Trinajstić information content (AvgIpc) is 3.44. The summed E-state index contributed by atoms with van der Waals surface area (Å²) in [6.45, 7) is 7.48. The molecular weight excluding hydrogens is 344 g/mol. The first-order valence-corrected chi connectivity index (χ1v) is 9.39. The standard InChI is InChI=1S/C20H32N4O3/c1-20(2,3)27-19(25)24(16-9-10-16)12-11-22-18(21-4)23-14-15-7-6-8-17(13-15)26-5/h6-8,13,16H,9-12,14H2,1-5H3,(H2,21,22,23). The Bertz CT molecular complexity index is 651. The van der Waals surface area contributed by atoms with Gasteiger partial charge in [0.2, 0.25) is 0 Å². The molecule has 0 atom stereocenters. The van der Waals surface area contributed by atoms with Crippen molar-refractivity contribution in [3.05, 3.63) is 29.8 Å². The Morgan fingerprint density at radius 3 is 2.63 bits per heavy atom. The second-order valence-corrected chi connectivity index (χ2v) is 7.61. The Kier molecular flexibility index (Phi) is 7.33. The van der Waals surface area contributed by atoms with Crippen LogP contribution in [0.1, 0.15) is 39.2 Å². The first-order valence-electron chi connectivity index (χ1n) is 9.39. The van der Waals surface area contributed by atoms with Gasteiger partial charge < -0.3 is 25.0 Å². The molecule has 1 aromatic carbocycles. The average molecular weight is 377 g/mol. The fraction of sp³-hybridized carbons (Fsp3) is 0.600. The number of ether oxygens (including phenoxy) is 2. The zero-order valence-corrected chi connectivity index (χ0v) is 17.0. The van der Waals surface area contributed by atoms with E-state index in [1.54, 1.807) is 14.2 Å². The van der Waals surface area contributed by atoms with E-state index in [-0.39, 0.29) is 6.09 Å². The SMILES string of the molecule is CN=C(NCCN(C(=O)OC(C)(C)C)C1CC1)NCc1cccc(OC)c1. The van der Waals surface area contributed by atoms with Crippen molar-refractivity contribution < 1.29 is 14.3 Å². The van der Waals surface area contributed by atoms with Gasteiger partial charge in [-0.05, 0) is 51.3 Å². The highest BCUT2D eigenvalue weighted by Crippen LogP contribution is 2.28. The minimum atomic E-state index is -0.480. The van der Waals surface area contributed by atoms with Gasteiger partial charge in [0.15, 0.2) is 5.96 Å². The van der Waals surface area contributed by atoms with Crippen LogP contribution in [0.25, 0.3) is 0 Å². The van der Waals surface area contributed by atoms with Crippen LogP contribution in [-0.2, 0) is 11.3 Å². The van der Waals surface area contributed by atoms with Crippen LogP contribution in [0.5, 0.6) is 5.75 Å². The number of aliphatic imine (C=N–C) groups is 1. The Balaban J connectivity index is 1.79. The van der Waals surface area contributed by atoms with Gasteiger partial charge in [-0.2, -0.15) is 0 Å². The summed E-state index contributed by atoms with van der Waals surface area (Å²) < 4.78 is 10.8. The van der Waals surface area contributed by atoms with Crippen molar-refractivity contribution in [2.75, 3.05) is 27.2 Å². The summed E-state index contributed by atoms with van der Waals surface area (Å²) in [6, 6.07) is 8.19. The Hall–Kier alpha value is -2.44. The number of hydrogen-bond acceptors (Lipinski definition) is 4. The van der Waals surface area contributed by atoms with E-state index < -0.39 is 5.60 Å². The van der Waals surface area contributed by atoms with Gasteiger partial charge in [-0.25, -0.2) is 4.79 Å². The van der Waals surface area contributed by atoms with E-state index in [1.165, 1.54) is 0 Å². The molecule has 0 saturated heterocycles. The van der Waals surface area contributed by atoms with Gasteiger partial charge in [0, 0.05) is 32.7 Å². The van der Waals surface area contributed by atoms with Crippen molar-refractivity contribution in [3.63, 3.8) is 0 Å². The first kappa shape index (κ1) is 20.9.